The van der Waals surface area contributed by atoms with Gasteiger partial charge in [-0.15, -0.1) is 0 Å². The molecule has 1 aromatic carbocycles. The summed E-state index contributed by atoms with van der Waals surface area (Å²) in [7, 11) is 0. The van der Waals surface area contributed by atoms with E-state index >= 15 is 0 Å². The van der Waals surface area contributed by atoms with Crippen molar-refractivity contribution in [3.8, 4) is 17.1 Å². The third kappa shape index (κ3) is 1.68. The fourth-order valence-corrected chi connectivity index (χ4v) is 2.30. The number of nitrogens with zero attached hydrogens (tertiary/aromatic N) is 4. The van der Waals surface area contributed by atoms with E-state index < -0.39 is 0 Å². The van der Waals surface area contributed by atoms with Crippen LogP contribution in [-0.4, -0.2) is 24.7 Å². The van der Waals surface area contributed by atoms with Crippen LogP contribution < -0.4 is 0 Å². The van der Waals surface area contributed by atoms with Crippen LogP contribution in [-0.2, 0) is 0 Å². The average molecular weight is 261 g/mol. The van der Waals surface area contributed by atoms with E-state index in [9.17, 15) is 0 Å². The summed E-state index contributed by atoms with van der Waals surface area (Å²) in [6.45, 7) is 0. The molecule has 1 N–H and O–H groups in total. The summed E-state index contributed by atoms with van der Waals surface area (Å²) >= 11 is 0. The SMILES string of the molecule is c1cc(-c2nccn2-c2ccc3cn[nH]c3c2)ccn1. The molecule has 5 heteroatoms. The van der Waals surface area contributed by atoms with Crippen molar-refractivity contribution in [1.82, 2.24) is 24.7 Å². The van der Waals surface area contributed by atoms with Crippen molar-refractivity contribution >= 4 is 10.9 Å². The summed E-state index contributed by atoms with van der Waals surface area (Å²) in [6, 6.07) is 10.1. The van der Waals surface area contributed by atoms with Gasteiger partial charge in [0.25, 0.3) is 0 Å². The van der Waals surface area contributed by atoms with Gasteiger partial charge in [-0.25, -0.2) is 4.98 Å². The molecule has 96 valence electrons. The van der Waals surface area contributed by atoms with Crippen molar-refractivity contribution in [1.29, 1.82) is 0 Å². The lowest BCUT2D eigenvalue weighted by Gasteiger charge is -2.07. The molecule has 4 rings (SSSR count). The molecule has 0 radical (unpaired) electrons. The van der Waals surface area contributed by atoms with Crippen LogP contribution in [0.5, 0.6) is 0 Å². The third-order valence-corrected chi connectivity index (χ3v) is 3.28. The highest BCUT2D eigenvalue weighted by atomic mass is 15.1. The first kappa shape index (κ1) is 10.9. The first-order chi connectivity index (χ1) is 9.92. The molecule has 3 aromatic heterocycles. The second kappa shape index (κ2) is 4.31. The molecule has 4 aromatic rings. The minimum absolute atomic E-state index is 0.895. The van der Waals surface area contributed by atoms with Crippen LogP contribution in [0.25, 0.3) is 28.0 Å². The van der Waals surface area contributed by atoms with Crippen LogP contribution in [0.3, 0.4) is 0 Å². The summed E-state index contributed by atoms with van der Waals surface area (Å²) in [4.78, 5) is 8.48. The quantitative estimate of drug-likeness (QED) is 0.603. The van der Waals surface area contributed by atoms with Crippen molar-refractivity contribution in [2.75, 3.05) is 0 Å². The smallest absolute Gasteiger partial charge is 0.144 e. The molecule has 0 saturated carbocycles. The van der Waals surface area contributed by atoms with Gasteiger partial charge >= 0.3 is 0 Å². The molecular weight excluding hydrogens is 250 g/mol. The Hall–Kier alpha value is -2.95. The number of nitrogens with one attached hydrogen (secondary N) is 1. The Labute approximate surface area is 114 Å². The minimum Gasteiger partial charge on any atom is -0.300 e. The Morgan fingerprint density at radius 1 is 1.00 bits per heavy atom. The Bertz CT molecular complexity index is 860. The molecule has 0 saturated heterocycles. The molecule has 0 fully saturated rings. The van der Waals surface area contributed by atoms with E-state index in [-0.39, 0.29) is 0 Å². The third-order valence-electron chi connectivity index (χ3n) is 3.28. The van der Waals surface area contributed by atoms with E-state index in [1.54, 1.807) is 18.6 Å². The van der Waals surface area contributed by atoms with Gasteiger partial charge in [-0.05, 0) is 30.3 Å². The largest absolute Gasteiger partial charge is 0.300 e. The molecule has 5 nitrogen and oxygen atoms in total. The number of benzene rings is 1. The first-order valence-electron chi connectivity index (χ1n) is 6.29. The fourth-order valence-electron chi connectivity index (χ4n) is 2.30. The van der Waals surface area contributed by atoms with E-state index in [4.69, 9.17) is 0 Å². The topological polar surface area (TPSA) is 59.4 Å². The van der Waals surface area contributed by atoms with E-state index in [0.717, 1.165) is 28.0 Å². The fraction of sp³-hybridized carbons (Fsp3) is 0. The number of aromatic amines is 1. The average Bonchev–Trinajstić information content (AvgIpc) is 3.16. The zero-order valence-electron chi connectivity index (χ0n) is 10.6. The second-order valence-electron chi connectivity index (χ2n) is 4.50. The second-order valence-corrected chi connectivity index (χ2v) is 4.50. The number of hydrogen-bond donors (Lipinski definition) is 1. The summed E-state index contributed by atoms with van der Waals surface area (Å²) in [5.41, 5.74) is 3.10. The summed E-state index contributed by atoms with van der Waals surface area (Å²) in [6.07, 6.45) is 9.11. The number of rotatable bonds is 2. The minimum atomic E-state index is 0.895. The predicted octanol–water partition coefficient (Wildman–Crippen LogP) is 2.81. The van der Waals surface area contributed by atoms with E-state index in [0.29, 0.717) is 0 Å². The maximum absolute atomic E-state index is 4.44. The van der Waals surface area contributed by atoms with Crippen LogP contribution >= 0.6 is 0 Å². The molecule has 0 aliphatic heterocycles. The lowest BCUT2D eigenvalue weighted by atomic mass is 10.2. The zero-order valence-corrected chi connectivity index (χ0v) is 10.6. The van der Waals surface area contributed by atoms with Crippen molar-refractivity contribution in [2.24, 2.45) is 0 Å². The molecule has 0 aliphatic carbocycles. The monoisotopic (exact) mass is 261 g/mol. The lowest BCUT2D eigenvalue weighted by molar-refractivity contribution is 1.06. The van der Waals surface area contributed by atoms with Gasteiger partial charge in [-0.1, -0.05) is 0 Å². The molecule has 0 unspecified atom stereocenters. The van der Waals surface area contributed by atoms with Gasteiger partial charge in [0.2, 0.25) is 0 Å². The van der Waals surface area contributed by atoms with Gasteiger partial charge in [0.1, 0.15) is 5.82 Å². The van der Waals surface area contributed by atoms with E-state index in [1.165, 1.54) is 0 Å². The van der Waals surface area contributed by atoms with Crippen LogP contribution in [0, 0.1) is 0 Å². The van der Waals surface area contributed by atoms with Crippen molar-refractivity contribution in [3.63, 3.8) is 0 Å². The van der Waals surface area contributed by atoms with Crippen LogP contribution in [0.1, 0.15) is 0 Å². The number of H-pyrrole nitrogens is 1. The van der Waals surface area contributed by atoms with Gasteiger partial charge in [-0.2, -0.15) is 5.10 Å². The van der Waals surface area contributed by atoms with E-state index in [1.807, 2.05) is 30.6 Å². The van der Waals surface area contributed by atoms with Crippen molar-refractivity contribution < 1.29 is 0 Å². The molecule has 0 atom stereocenters. The standard InChI is InChI=1S/C15H11N5/c1-2-13(9-14-12(1)10-18-19-14)20-8-7-17-15(20)11-3-5-16-6-4-11/h1-10H,(H,18,19). The van der Waals surface area contributed by atoms with Gasteiger partial charge in [-0.3, -0.25) is 14.6 Å². The van der Waals surface area contributed by atoms with Gasteiger partial charge in [0, 0.05) is 41.4 Å². The highest BCUT2D eigenvalue weighted by molar-refractivity contribution is 5.80. The summed E-state index contributed by atoms with van der Waals surface area (Å²) < 4.78 is 2.05. The zero-order chi connectivity index (χ0) is 13.4. The summed E-state index contributed by atoms with van der Waals surface area (Å²) in [5, 5.41) is 8.13. The predicted molar refractivity (Wildman–Crippen MR) is 76.4 cm³/mol. The number of hydrogen-bond acceptors (Lipinski definition) is 3. The van der Waals surface area contributed by atoms with Gasteiger partial charge in [0.05, 0.1) is 11.7 Å². The molecule has 3 heterocycles. The highest BCUT2D eigenvalue weighted by Crippen LogP contribution is 2.22. The van der Waals surface area contributed by atoms with Crippen LogP contribution in [0.2, 0.25) is 0 Å². The molecule has 0 amide bonds. The Kier molecular flexibility index (Phi) is 2.35. The molecule has 0 aliphatic rings. The normalized spacial score (nSPS) is 11.0. The van der Waals surface area contributed by atoms with Crippen molar-refractivity contribution in [2.45, 2.75) is 0 Å². The van der Waals surface area contributed by atoms with Crippen LogP contribution in [0.15, 0.2) is 61.3 Å². The summed E-state index contributed by atoms with van der Waals surface area (Å²) in [5.74, 6) is 0.895. The lowest BCUT2D eigenvalue weighted by Crippen LogP contribution is -1.96. The van der Waals surface area contributed by atoms with Crippen molar-refractivity contribution in [3.05, 3.63) is 61.3 Å². The van der Waals surface area contributed by atoms with Gasteiger partial charge in [0.15, 0.2) is 0 Å². The number of pyridine rings is 1. The molecular formula is C15H11N5. The maximum atomic E-state index is 4.44. The molecule has 0 bridgehead atoms. The Morgan fingerprint density at radius 2 is 1.90 bits per heavy atom. The Balaban J connectivity index is 1.88. The Morgan fingerprint density at radius 3 is 2.80 bits per heavy atom. The van der Waals surface area contributed by atoms with Gasteiger partial charge < -0.3 is 0 Å². The highest BCUT2D eigenvalue weighted by Gasteiger charge is 2.08. The molecule has 0 spiro atoms. The van der Waals surface area contributed by atoms with E-state index in [2.05, 4.69) is 36.9 Å². The molecule has 20 heavy (non-hydrogen) atoms. The maximum Gasteiger partial charge on any atom is 0.144 e. The number of imidazole rings is 1. The first-order valence-corrected chi connectivity index (χ1v) is 6.29. The van der Waals surface area contributed by atoms with Crippen LogP contribution in [0.4, 0.5) is 0 Å². The number of fused-ring (bicyclic) bond motifs is 1. The number of aromatic nitrogens is 5.